The number of hydrogen-bond acceptors (Lipinski definition) is 4. The van der Waals surface area contributed by atoms with Gasteiger partial charge in [-0.1, -0.05) is 0 Å². The van der Waals surface area contributed by atoms with Crippen LogP contribution in [0.4, 0.5) is 15.9 Å². The monoisotopic (exact) mass is 292 g/mol. The highest BCUT2D eigenvalue weighted by Gasteiger charge is 2.16. The lowest BCUT2D eigenvalue weighted by molar-refractivity contribution is 0.0964. The number of ether oxygens (including phenoxy) is 1. The predicted octanol–water partition coefficient (Wildman–Crippen LogP) is 2.15. The molecule has 0 aliphatic rings. The van der Waals surface area contributed by atoms with Crippen LogP contribution in [0.1, 0.15) is 17.3 Å². The third-order valence-electron chi connectivity index (χ3n) is 3.03. The Labute approximate surface area is 121 Å². The minimum Gasteiger partial charge on any atom is -0.494 e. The van der Waals surface area contributed by atoms with Gasteiger partial charge in [-0.3, -0.25) is 4.79 Å². The molecule has 0 radical (unpaired) electrons. The molecule has 1 heterocycles. The van der Waals surface area contributed by atoms with Crippen molar-refractivity contribution in [1.29, 1.82) is 0 Å². The summed E-state index contributed by atoms with van der Waals surface area (Å²) in [6.45, 7) is 2.48. The normalized spacial score (nSPS) is 10.3. The average Bonchev–Trinajstić information content (AvgIpc) is 2.89. The van der Waals surface area contributed by atoms with Gasteiger partial charge >= 0.3 is 0 Å². The van der Waals surface area contributed by atoms with Gasteiger partial charge in [0.2, 0.25) is 0 Å². The second-order valence-electron chi connectivity index (χ2n) is 4.28. The van der Waals surface area contributed by atoms with Crippen molar-refractivity contribution in [2.75, 3.05) is 19.5 Å². The zero-order valence-electron chi connectivity index (χ0n) is 12.1. The molecule has 0 unspecified atom stereocenters. The van der Waals surface area contributed by atoms with E-state index in [4.69, 9.17) is 4.74 Å². The summed E-state index contributed by atoms with van der Waals surface area (Å²) in [6, 6.07) is 4.49. The van der Waals surface area contributed by atoms with Crippen molar-refractivity contribution in [3.05, 3.63) is 35.8 Å². The molecule has 1 amide bonds. The molecule has 0 aliphatic heterocycles. The van der Waals surface area contributed by atoms with E-state index in [9.17, 15) is 9.18 Å². The molecule has 0 bridgehead atoms. The Kier molecular flexibility index (Phi) is 4.42. The van der Waals surface area contributed by atoms with E-state index in [1.165, 1.54) is 25.4 Å². The lowest BCUT2D eigenvalue weighted by atomic mass is 10.2. The molecule has 1 aromatic carbocycles. The van der Waals surface area contributed by atoms with E-state index in [0.717, 1.165) is 0 Å². The van der Waals surface area contributed by atoms with Gasteiger partial charge in [-0.15, -0.1) is 0 Å². The number of nitrogens with zero attached hydrogens (tertiary/aromatic N) is 2. The van der Waals surface area contributed by atoms with Crippen LogP contribution in [0.2, 0.25) is 0 Å². The van der Waals surface area contributed by atoms with Crippen molar-refractivity contribution in [2.45, 2.75) is 13.5 Å². The van der Waals surface area contributed by atoms with Crippen molar-refractivity contribution in [3.63, 3.8) is 0 Å². The van der Waals surface area contributed by atoms with E-state index in [0.29, 0.717) is 23.6 Å². The summed E-state index contributed by atoms with van der Waals surface area (Å²) in [6.07, 6.45) is 1.48. The topological polar surface area (TPSA) is 68.2 Å². The second-order valence-corrected chi connectivity index (χ2v) is 4.28. The number of aryl methyl sites for hydroxylation is 1. The first-order valence-corrected chi connectivity index (χ1v) is 6.49. The Bertz CT molecular complexity index is 654. The summed E-state index contributed by atoms with van der Waals surface area (Å²) in [5.41, 5.74) is 0.907. The number of hydrogen-bond donors (Lipinski definition) is 2. The molecular weight excluding hydrogens is 275 g/mol. The van der Waals surface area contributed by atoms with E-state index in [1.807, 2.05) is 6.92 Å². The Morgan fingerprint density at radius 3 is 2.81 bits per heavy atom. The third kappa shape index (κ3) is 2.96. The van der Waals surface area contributed by atoms with E-state index in [1.54, 1.807) is 17.8 Å². The van der Waals surface area contributed by atoms with Crippen LogP contribution in [0.15, 0.2) is 24.4 Å². The number of methoxy groups -OCH3 is 1. The molecule has 0 aliphatic carbocycles. The zero-order chi connectivity index (χ0) is 15.4. The lowest BCUT2D eigenvalue weighted by Gasteiger charge is -2.11. The Morgan fingerprint density at radius 2 is 2.24 bits per heavy atom. The first-order valence-electron chi connectivity index (χ1n) is 6.49. The summed E-state index contributed by atoms with van der Waals surface area (Å²) in [5, 5.41) is 9.70. The fourth-order valence-corrected chi connectivity index (χ4v) is 1.94. The summed E-state index contributed by atoms with van der Waals surface area (Å²) in [4.78, 5) is 11.8. The van der Waals surface area contributed by atoms with Gasteiger partial charge in [-0.2, -0.15) is 5.10 Å². The van der Waals surface area contributed by atoms with Crippen LogP contribution in [0.3, 0.4) is 0 Å². The minimum atomic E-state index is -0.480. The van der Waals surface area contributed by atoms with Crippen molar-refractivity contribution >= 4 is 17.4 Å². The van der Waals surface area contributed by atoms with Crippen LogP contribution in [0.5, 0.6) is 5.75 Å². The Balaban J connectivity index is 2.36. The molecule has 0 saturated carbocycles. The Morgan fingerprint density at radius 1 is 1.48 bits per heavy atom. The maximum atomic E-state index is 13.7. The SMILES string of the molecule is CCn1ncc(C(=O)NC)c1Nc1ccc(OC)c(F)c1. The van der Waals surface area contributed by atoms with E-state index in [2.05, 4.69) is 15.7 Å². The average molecular weight is 292 g/mol. The molecule has 7 heteroatoms. The molecule has 0 saturated heterocycles. The van der Waals surface area contributed by atoms with Gasteiger partial charge in [0, 0.05) is 25.3 Å². The molecule has 2 aromatic rings. The molecule has 2 rings (SSSR count). The number of aromatic nitrogens is 2. The van der Waals surface area contributed by atoms with Gasteiger partial charge in [0.25, 0.3) is 5.91 Å². The number of rotatable bonds is 5. The van der Waals surface area contributed by atoms with E-state index < -0.39 is 5.82 Å². The van der Waals surface area contributed by atoms with Gasteiger partial charge < -0.3 is 15.4 Å². The number of amides is 1. The van der Waals surface area contributed by atoms with E-state index in [-0.39, 0.29) is 11.7 Å². The molecule has 2 N–H and O–H groups in total. The summed E-state index contributed by atoms with van der Waals surface area (Å²) in [7, 11) is 2.95. The largest absolute Gasteiger partial charge is 0.494 e. The number of carbonyl (C=O) groups excluding carboxylic acids is 1. The molecule has 21 heavy (non-hydrogen) atoms. The highest BCUT2D eigenvalue weighted by atomic mass is 19.1. The van der Waals surface area contributed by atoms with Gasteiger partial charge in [-0.05, 0) is 19.1 Å². The van der Waals surface area contributed by atoms with E-state index >= 15 is 0 Å². The molecule has 0 atom stereocenters. The first-order chi connectivity index (χ1) is 10.1. The number of carbonyl (C=O) groups is 1. The lowest BCUT2D eigenvalue weighted by Crippen LogP contribution is -2.19. The summed E-state index contributed by atoms with van der Waals surface area (Å²) in [5.74, 6) is -0.0600. The highest BCUT2D eigenvalue weighted by molar-refractivity contribution is 5.99. The molecule has 0 fully saturated rings. The maximum absolute atomic E-state index is 13.7. The molecule has 1 aromatic heterocycles. The van der Waals surface area contributed by atoms with Crippen molar-refractivity contribution < 1.29 is 13.9 Å². The number of benzene rings is 1. The minimum absolute atomic E-state index is 0.163. The quantitative estimate of drug-likeness (QED) is 0.886. The molecule has 112 valence electrons. The van der Waals surface area contributed by atoms with Crippen LogP contribution in [0, 0.1) is 5.82 Å². The molecule has 6 nitrogen and oxygen atoms in total. The van der Waals surface area contributed by atoms with Crippen LogP contribution in [0.25, 0.3) is 0 Å². The summed E-state index contributed by atoms with van der Waals surface area (Å²) >= 11 is 0. The van der Waals surface area contributed by atoms with Crippen LogP contribution in [-0.4, -0.2) is 29.8 Å². The number of anilines is 2. The third-order valence-corrected chi connectivity index (χ3v) is 3.03. The zero-order valence-corrected chi connectivity index (χ0v) is 12.1. The number of halogens is 1. The first kappa shape index (κ1) is 14.8. The fourth-order valence-electron chi connectivity index (χ4n) is 1.94. The van der Waals surface area contributed by atoms with Crippen molar-refractivity contribution in [3.8, 4) is 5.75 Å². The van der Waals surface area contributed by atoms with Crippen molar-refractivity contribution in [1.82, 2.24) is 15.1 Å². The second kappa shape index (κ2) is 6.25. The standard InChI is InChI=1S/C14H17FN4O2/c1-4-19-13(10(8-17-19)14(20)16-2)18-9-5-6-12(21-3)11(15)7-9/h5-8,18H,4H2,1-3H3,(H,16,20). The highest BCUT2D eigenvalue weighted by Crippen LogP contribution is 2.25. The fraction of sp³-hybridized carbons (Fsp3) is 0.286. The summed E-state index contributed by atoms with van der Waals surface area (Å²) < 4.78 is 20.2. The number of nitrogens with one attached hydrogen (secondary N) is 2. The van der Waals surface area contributed by atoms with Crippen LogP contribution in [-0.2, 0) is 6.54 Å². The van der Waals surface area contributed by atoms with Gasteiger partial charge in [0.15, 0.2) is 11.6 Å². The van der Waals surface area contributed by atoms with Crippen LogP contribution >= 0.6 is 0 Å². The van der Waals surface area contributed by atoms with Crippen LogP contribution < -0.4 is 15.4 Å². The molecule has 0 spiro atoms. The van der Waals surface area contributed by atoms with Crippen molar-refractivity contribution in [2.24, 2.45) is 0 Å². The smallest absolute Gasteiger partial charge is 0.256 e. The Hall–Kier alpha value is -2.57. The van der Waals surface area contributed by atoms with Gasteiger partial charge in [-0.25, -0.2) is 9.07 Å². The maximum Gasteiger partial charge on any atom is 0.256 e. The van der Waals surface area contributed by atoms with Gasteiger partial charge in [0.1, 0.15) is 11.4 Å². The van der Waals surface area contributed by atoms with Gasteiger partial charge in [0.05, 0.1) is 13.3 Å². The molecular formula is C14H17FN4O2. The predicted molar refractivity (Wildman–Crippen MR) is 77.5 cm³/mol.